The Morgan fingerprint density at radius 1 is 0.917 bits per heavy atom. The van der Waals surface area contributed by atoms with Crippen molar-refractivity contribution in [2.45, 2.75) is 63.5 Å². The second kappa shape index (κ2) is 12.9. The quantitative estimate of drug-likeness (QED) is 0.439. The molecule has 1 aromatic carbocycles. The standard InChI is InChI=1S/C19H29AsN2.2ClH/c1-2-3-5-12-17-15(10-6-4-9-14-20)16-11-7-8-13-18(16)22-19(17)21;;/h7-8,11,13H,2-6,9-10,12,14,20H2,1H3,(H2,21,22);2*1H. The Labute approximate surface area is 167 Å². The van der Waals surface area contributed by atoms with E-state index < -0.39 is 0 Å². The number of anilines is 1. The van der Waals surface area contributed by atoms with E-state index in [1.54, 1.807) is 0 Å². The summed E-state index contributed by atoms with van der Waals surface area (Å²) >= 11 is 1.84. The number of pyridine rings is 1. The number of nitrogens with zero attached hydrogens (tertiary/aromatic N) is 1. The van der Waals surface area contributed by atoms with Crippen LogP contribution in [0.15, 0.2) is 24.3 Å². The van der Waals surface area contributed by atoms with E-state index in [4.69, 9.17) is 5.73 Å². The largest absolute Gasteiger partial charge is 0.147 e. The van der Waals surface area contributed by atoms with Crippen molar-refractivity contribution < 1.29 is 0 Å². The summed E-state index contributed by atoms with van der Waals surface area (Å²) in [5.41, 5.74) is 10.1. The molecule has 0 radical (unpaired) electrons. The Balaban J connectivity index is 0.00000264. The van der Waals surface area contributed by atoms with E-state index in [2.05, 4.69) is 36.2 Å². The number of unbranched alkanes of at least 4 members (excludes halogenated alkanes) is 4. The third-order valence-electron chi connectivity index (χ3n) is 4.30. The summed E-state index contributed by atoms with van der Waals surface area (Å²) in [4.78, 5) is 4.64. The Hall–Kier alpha value is -0.432. The van der Waals surface area contributed by atoms with E-state index in [1.807, 2.05) is 16.9 Å². The maximum absolute atomic E-state index is 6.29. The Kier molecular flexibility index (Phi) is 12.6. The fourth-order valence-corrected chi connectivity index (χ4v) is 3.69. The molecule has 0 aliphatic rings. The average molecular weight is 433 g/mol. The molecular weight excluding hydrogens is 402 g/mol. The van der Waals surface area contributed by atoms with E-state index in [0.29, 0.717) is 0 Å². The van der Waals surface area contributed by atoms with Gasteiger partial charge in [-0.25, -0.2) is 0 Å². The van der Waals surface area contributed by atoms with Crippen molar-refractivity contribution in [1.29, 1.82) is 0 Å². The van der Waals surface area contributed by atoms with Crippen molar-refractivity contribution in [3.8, 4) is 0 Å². The minimum absolute atomic E-state index is 0. The van der Waals surface area contributed by atoms with Crippen LogP contribution in [0.3, 0.4) is 0 Å². The molecule has 5 heteroatoms. The van der Waals surface area contributed by atoms with Crippen molar-refractivity contribution >= 4 is 58.4 Å². The van der Waals surface area contributed by atoms with E-state index in [0.717, 1.165) is 24.2 Å². The summed E-state index contributed by atoms with van der Waals surface area (Å²) in [5.74, 6) is 0.753. The van der Waals surface area contributed by atoms with Crippen LogP contribution in [0.4, 0.5) is 5.82 Å². The molecule has 2 N–H and O–H groups in total. The number of nitrogens with two attached hydrogens (primary N) is 1. The average Bonchev–Trinajstić information content (AvgIpc) is 2.53. The molecule has 2 rings (SSSR count). The van der Waals surface area contributed by atoms with Crippen molar-refractivity contribution in [2.75, 3.05) is 5.73 Å². The van der Waals surface area contributed by atoms with Gasteiger partial charge in [-0.2, -0.15) is 0 Å². The number of rotatable bonds is 9. The molecule has 2 aromatic rings. The molecule has 0 aliphatic heterocycles. The molecule has 0 saturated carbocycles. The summed E-state index contributed by atoms with van der Waals surface area (Å²) in [6.45, 7) is 2.25. The molecule has 2 nitrogen and oxygen atoms in total. The first-order valence-electron chi connectivity index (χ1n) is 8.64. The number of hydrogen-bond acceptors (Lipinski definition) is 2. The molecular formula is C19H31AsCl2N2. The van der Waals surface area contributed by atoms with E-state index >= 15 is 0 Å². The number of aromatic nitrogens is 1. The molecule has 1 atom stereocenters. The van der Waals surface area contributed by atoms with E-state index in [-0.39, 0.29) is 24.8 Å². The third-order valence-corrected chi connectivity index (χ3v) is 5.16. The van der Waals surface area contributed by atoms with E-state index in [9.17, 15) is 0 Å². The fourth-order valence-electron chi connectivity index (χ4n) is 3.08. The number of fused-ring (bicyclic) bond motifs is 1. The molecule has 0 spiro atoms. The van der Waals surface area contributed by atoms with Crippen LogP contribution in [0.1, 0.15) is 56.6 Å². The molecule has 1 unspecified atom stereocenters. The summed E-state index contributed by atoms with van der Waals surface area (Å²) < 4.78 is 0. The summed E-state index contributed by atoms with van der Waals surface area (Å²) in [6, 6.07) is 8.46. The first-order valence-corrected chi connectivity index (χ1v) is 10.3. The van der Waals surface area contributed by atoms with Crippen LogP contribution in [-0.2, 0) is 12.8 Å². The van der Waals surface area contributed by atoms with Gasteiger partial charge in [0, 0.05) is 0 Å². The van der Waals surface area contributed by atoms with Gasteiger partial charge in [-0.3, -0.25) is 0 Å². The van der Waals surface area contributed by atoms with Crippen molar-refractivity contribution in [2.24, 2.45) is 0 Å². The monoisotopic (exact) mass is 432 g/mol. The zero-order chi connectivity index (χ0) is 15.8. The molecule has 1 heterocycles. The van der Waals surface area contributed by atoms with E-state index in [1.165, 1.54) is 60.2 Å². The topological polar surface area (TPSA) is 38.9 Å². The van der Waals surface area contributed by atoms with Gasteiger partial charge in [0.05, 0.1) is 0 Å². The van der Waals surface area contributed by atoms with Crippen LogP contribution in [0.5, 0.6) is 0 Å². The van der Waals surface area contributed by atoms with Gasteiger partial charge in [0.15, 0.2) is 0 Å². The van der Waals surface area contributed by atoms with Gasteiger partial charge < -0.3 is 0 Å². The number of para-hydroxylation sites is 1. The van der Waals surface area contributed by atoms with Crippen LogP contribution < -0.4 is 5.73 Å². The smallest absolute Gasteiger partial charge is 0.147 e. The predicted octanol–water partition coefficient (Wildman–Crippen LogP) is 5.16. The van der Waals surface area contributed by atoms with Crippen LogP contribution >= 0.6 is 24.8 Å². The van der Waals surface area contributed by atoms with Gasteiger partial charge in [0.2, 0.25) is 0 Å². The molecule has 0 amide bonds. The predicted molar refractivity (Wildman–Crippen MR) is 115 cm³/mol. The zero-order valence-corrected chi connectivity index (χ0v) is 18.6. The van der Waals surface area contributed by atoms with Gasteiger partial charge in [-0.05, 0) is 0 Å². The second-order valence-electron chi connectivity index (χ2n) is 6.03. The molecule has 0 saturated heterocycles. The molecule has 0 fully saturated rings. The SMILES string of the molecule is CCCCCc1c(N)nc2ccccc2c1CCCCC[AsH2].Cl.Cl. The number of hydrogen-bond donors (Lipinski definition) is 1. The van der Waals surface area contributed by atoms with Crippen LogP contribution in [0.25, 0.3) is 10.9 Å². The molecule has 1 aromatic heterocycles. The van der Waals surface area contributed by atoms with Crippen LogP contribution in [0, 0.1) is 0 Å². The summed E-state index contributed by atoms with van der Waals surface area (Å²) in [5, 5.41) is 2.65. The molecule has 0 bridgehead atoms. The van der Waals surface area contributed by atoms with Gasteiger partial charge in [0.1, 0.15) is 0 Å². The van der Waals surface area contributed by atoms with Crippen LogP contribution in [-0.4, -0.2) is 21.8 Å². The van der Waals surface area contributed by atoms with Crippen molar-refractivity contribution in [3.63, 3.8) is 0 Å². The maximum Gasteiger partial charge on any atom is -0.147 e. The van der Waals surface area contributed by atoms with Crippen LogP contribution in [0.2, 0.25) is 5.21 Å². The number of benzene rings is 1. The molecule has 0 aliphatic carbocycles. The zero-order valence-electron chi connectivity index (χ0n) is 14.6. The number of halogens is 2. The normalized spacial score (nSPS) is 10.2. The third kappa shape index (κ3) is 6.47. The fraction of sp³-hybridized carbons (Fsp3) is 0.526. The number of aryl methyl sites for hydroxylation is 1. The van der Waals surface area contributed by atoms with Crippen molar-refractivity contribution in [3.05, 3.63) is 35.4 Å². The Morgan fingerprint density at radius 2 is 1.58 bits per heavy atom. The second-order valence-corrected chi connectivity index (χ2v) is 7.24. The molecule has 136 valence electrons. The van der Waals surface area contributed by atoms with Crippen molar-refractivity contribution in [1.82, 2.24) is 4.98 Å². The Morgan fingerprint density at radius 3 is 2.29 bits per heavy atom. The van der Waals surface area contributed by atoms with Gasteiger partial charge in [0.25, 0.3) is 0 Å². The molecule has 24 heavy (non-hydrogen) atoms. The number of nitrogen functional groups attached to an aromatic ring is 1. The summed E-state index contributed by atoms with van der Waals surface area (Å²) in [7, 11) is 0. The minimum Gasteiger partial charge on any atom is -0.147 e. The first-order chi connectivity index (χ1) is 10.8. The maximum atomic E-state index is 6.29. The van der Waals surface area contributed by atoms with Gasteiger partial charge in [-0.15, -0.1) is 24.8 Å². The first kappa shape index (κ1) is 23.6. The minimum atomic E-state index is 0. The Bertz CT molecular complexity index is 605. The van der Waals surface area contributed by atoms with Gasteiger partial charge >= 0.3 is 143 Å². The summed E-state index contributed by atoms with van der Waals surface area (Å²) in [6.07, 6.45) is 9.87. The van der Waals surface area contributed by atoms with Gasteiger partial charge in [-0.1, -0.05) is 0 Å².